The summed E-state index contributed by atoms with van der Waals surface area (Å²) in [6, 6.07) is 14.2. The second-order valence-corrected chi connectivity index (χ2v) is 4.73. The Hall–Kier alpha value is -3.61. The summed E-state index contributed by atoms with van der Waals surface area (Å²) < 4.78 is 0. The maximum atomic E-state index is 11.8. The van der Waals surface area contributed by atoms with Crippen molar-refractivity contribution in [2.24, 2.45) is 0 Å². The molecule has 0 spiro atoms. The Balaban J connectivity index is 0.000000290. The predicted molar refractivity (Wildman–Crippen MR) is 89.9 cm³/mol. The normalized spacial score (nSPS) is 9.83. The van der Waals surface area contributed by atoms with Crippen molar-refractivity contribution in [3.05, 3.63) is 83.8 Å². The van der Waals surface area contributed by atoms with Gasteiger partial charge in [-0.15, -0.1) is 0 Å². The Labute approximate surface area is 137 Å². The molecule has 0 aliphatic heterocycles. The van der Waals surface area contributed by atoms with Gasteiger partial charge in [0.15, 0.2) is 5.43 Å². The average molecular weight is 318 g/mol. The number of hydrogen-bond acceptors (Lipinski definition) is 5. The van der Waals surface area contributed by atoms with Gasteiger partial charge in [-0.25, -0.2) is 4.98 Å². The van der Waals surface area contributed by atoms with Crippen LogP contribution in [0, 0.1) is 0 Å². The second kappa shape index (κ2) is 7.59. The average Bonchev–Trinajstić information content (AvgIpc) is 3.23. The van der Waals surface area contributed by atoms with Crippen molar-refractivity contribution < 1.29 is 0 Å². The molecular formula is C17H14N6O. The number of hydrogen-bond donors (Lipinski definition) is 2. The molecule has 0 saturated carbocycles. The number of rotatable bonds is 2. The zero-order valence-corrected chi connectivity index (χ0v) is 12.6. The second-order valence-electron chi connectivity index (χ2n) is 4.73. The summed E-state index contributed by atoms with van der Waals surface area (Å²) in [5.41, 5.74) is 2.78. The van der Waals surface area contributed by atoms with Crippen molar-refractivity contribution in [3.63, 3.8) is 0 Å². The van der Waals surface area contributed by atoms with E-state index in [0.717, 1.165) is 11.4 Å². The van der Waals surface area contributed by atoms with Gasteiger partial charge in [-0.3, -0.25) is 19.9 Å². The van der Waals surface area contributed by atoms with E-state index in [1.54, 1.807) is 12.4 Å². The lowest BCUT2D eigenvalue weighted by molar-refractivity contribution is 1.09. The van der Waals surface area contributed by atoms with Crippen LogP contribution in [-0.4, -0.2) is 30.1 Å². The molecule has 7 heteroatoms. The highest BCUT2D eigenvalue weighted by atomic mass is 16.1. The summed E-state index contributed by atoms with van der Waals surface area (Å²) in [7, 11) is 0. The van der Waals surface area contributed by atoms with Crippen molar-refractivity contribution >= 4 is 0 Å². The summed E-state index contributed by atoms with van der Waals surface area (Å²) in [5.74, 6) is 0. The fourth-order valence-electron chi connectivity index (χ4n) is 2.03. The number of nitrogens with one attached hydrogen (secondary N) is 2. The van der Waals surface area contributed by atoms with E-state index in [0.29, 0.717) is 11.4 Å². The van der Waals surface area contributed by atoms with Crippen LogP contribution in [0.25, 0.3) is 22.8 Å². The Kier molecular flexibility index (Phi) is 4.84. The molecule has 0 aliphatic rings. The quantitative estimate of drug-likeness (QED) is 0.590. The molecular weight excluding hydrogens is 304 g/mol. The van der Waals surface area contributed by atoms with Crippen LogP contribution in [0.15, 0.2) is 78.4 Å². The van der Waals surface area contributed by atoms with Gasteiger partial charge in [-0.1, -0.05) is 12.1 Å². The first-order valence-corrected chi connectivity index (χ1v) is 7.19. The molecule has 2 N–H and O–H groups in total. The van der Waals surface area contributed by atoms with Crippen molar-refractivity contribution in [1.29, 1.82) is 0 Å². The minimum atomic E-state index is -0.0694. The third kappa shape index (κ3) is 3.98. The highest BCUT2D eigenvalue weighted by molar-refractivity contribution is 5.61. The van der Waals surface area contributed by atoms with Gasteiger partial charge in [0.1, 0.15) is 12.7 Å². The fraction of sp³-hybridized carbons (Fsp3) is 0. The first-order chi connectivity index (χ1) is 11.8. The third-order valence-corrected chi connectivity index (χ3v) is 3.06. The summed E-state index contributed by atoms with van der Waals surface area (Å²) in [6.45, 7) is 0. The molecule has 118 valence electrons. The standard InChI is InChI=1S/C15H11N3O.C2H3N3/c19-11-9-14(12-5-1-3-7-16-12)18-15(10-11)13-6-2-4-8-17-13;1-3-2-5-4-1/h1-10H,(H,18,19);1-2H,(H,3,4,5). The largest absolute Gasteiger partial charge is 0.352 e. The molecule has 0 saturated heterocycles. The highest BCUT2D eigenvalue weighted by Crippen LogP contribution is 2.17. The Morgan fingerprint density at radius 1 is 0.833 bits per heavy atom. The summed E-state index contributed by atoms with van der Waals surface area (Å²) in [4.78, 5) is 27.0. The van der Waals surface area contributed by atoms with E-state index in [9.17, 15) is 4.79 Å². The van der Waals surface area contributed by atoms with Crippen molar-refractivity contribution in [3.8, 4) is 22.8 Å². The van der Waals surface area contributed by atoms with Gasteiger partial charge in [0, 0.05) is 24.5 Å². The van der Waals surface area contributed by atoms with Crippen molar-refractivity contribution in [2.75, 3.05) is 0 Å². The molecule has 0 radical (unpaired) electrons. The van der Waals surface area contributed by atoms with Crippen LogP contribution in [0.5, 0.6) is 0 Å². The number of aromatic nitrogens is 6. The molecule has 0 unspecified atom stereocenters. The molecule has 0 bridgehead atoms. The lowest BCUT2D eigenvalue weighted by Gasteiger charge is -2.05. The molecule has 0 atom stereocenters. The fourth-order valence-corrected chi connectivity index (χ4v) is 2.03. The number of aromatic amines is 2. The van der Waals surface area contributed by atoms with Gasteiger partial charge >= 0.3 is 0 Å². The van der Waals surface area contributed by atoms with Crippen LogP contribution in [0.3, 0.4) is 0 Å². The van der Waals surface area contributed by atoms with Crippen LogP contribution in [0.2, 0.25) is 0 Å². The van der Waals surface area contributed by atoms with Gasteiger partial charge in [0.25, 0.3) is 0 Å². The third-order valence-electron chi connectivity index (χ3n) is 3.06. The van der Waals surface area contributed by atoms with Crippen LogP contribution in [-0.2, 0) is 0 Å². The smallest absolute Gasteiger partial charge is 0.182 e. The first kappa shape index (κ1) is 15.3. The molecule has 24 heavy (non-hydrogen) atoms. The first-order valence-electron chi connectivity index (χ1n) is 7.19. The van der Waals surface area contributed by atoms with Crippen LogP contribution < -0.4 is 5.43 Å². The van der Waals surface area contributed by atoms with E-state index < -0.39 is 0 Å². The molecule has 4 aromatic rings. The number of nitrogens with zero attached hydrogens (tertiary/aromatic N) is 4. The lowest BCUT2D eigenvalue weighted by Crippen LogP contribution is -2.03. The monoisotopic (exact) mass is 318 g/mol. The van der Waals surface area contributed by atoms with Gasteiger partial charge in [-0.05, 0) is 24.3 Å². The number of H-pyrrole nitrogens is 2. The lowest BCUT2D eigenvalue weighted by atomic mass is 10.2. The predicted octanol–water partition coefficient (Wildman–Crippen LogP) is 2.30. The molecule has 4 rings (SSSR count). The zero-order valence-electron chi connectivity index (χ0n) is 12.6. The van der Waals surface area contributed by atoms with Crippen LogP contribution in [0.4, 0.5) is 0 Å². The molecule has 7 nitrogen and oxygen atoms in total. The topological polar surface area (TPSA) is 100 Å². The minimum absolute atomic E-state index is 0.0694. The van der Waals surface area contributed by atoms with Gasteiger partial charge in [-0.2, -0.15) is 5.10 Å². The van der Waals surface area contributed by atoms with Crippen molar-refractivity contribution in [2.45, 2.75) is 0 Å². The van der Waals surface area contributed by atoms with Crippen LogP contribution >= 0.6 is 0 Å². The highest BCUT2D eigenvalue weighted by Gasteiger charge is 2.05. The zero-order chi connectivity index (χ0) is 16.6. The molecule has 0 aliphatic carbocycles. The van der Waals surface area contributed by atoms with E-state index in [4.69, 9.17) is 0 Å². The summed E-state index contributed by atoms with van der Waals surface area (Å²) in [6.07, 6.45) is 6.35. The van der Waals surface area contributed by atoms with E-state index in [1.807, 2.05) is 36.4 Å². The molecule has 0 fully saturated rings. The van der Waals surface area contributed by atoms with Crippen LogP contribution in [0.1, 0.15) is 0 Å². The van der Waals surface area contributed by atoms with E-state index in [2.05, 4.69) is 30.1 Å². The maximum absolute atomic E-state index is 11.8. The molecule has 4 heterocycles. The summed E-state index contributed by atoms with van der Waals surface area (Å²) >= 11 is 0. The van der Waals surface area contributed by atoms with E-state index in [-0.39, 0.29) is 5.43 Å². The Morgan fingerprint density at radius 2 is 1.46 bits per heavy atom. The molecule has 0 aromatic carbocycles. The Bertz CT molecular complexity index is 842. The number of pyridine rings is 3. The molecule has 4 aromatic heterocycles. The van der Waals surface area contributed by atoms with E-state index in [1.165, 1.54) is 24.8 Å². The van der Waals surface area contributed by atoms with Crippen molar-refractivity contribution in [1.82, 2.24) is 30.1 Å². The minimum Gasteiger partial charge on any atom is -0.352 e. The Morgan fingerprint density at radius 3 is 1.83 bits per heavy atom. The van der Waals surface area contributed by atoms with E-state index >= 15 is 0 Å². The van der Waals surface area contributed by atoms with Gasteiger partial charge < -0.3 is 4.98 Å². The van der Waals surface area contributed by atoms with Gasteiger partial charge in [0.2, 0.25) is 0 Å². The summed E-state index contributed by atoms with van der Waals surface area (Å²) in [5, 5.41) is 5.99. The maximum Gasteiger partial charge on any atom is 0.182 e. The SMILES string of the molecule is O=c1cc(-c2ccccn2)[nH]c(-c2ccccn2)c1.c1nc[nH]n1. The molecule has 0 amide bonds. The van der Waals surface area contributed by atoms with Gasteiger partial charge in [0.05, 0.1) is 22.8 Å².